The van der Waals surface area contributed by atoms with E-state index in [0.29, 0.717) is 13.2 Å². The largest absolute Gasteiger partial charge is 0.489 e. The van der Waals surface area contributed by atoms with Gasteiger partial charge < -0.3 is 15.0 Å². The summed E-state index contributed by atoms with van der Waals surface area (Å²) in [5.41, 5.74) is 4.44. The number of imidazole rings is 1. The molecule has 5 nitrogen and oxygen atoms in total. The Morgan fingerprint density at radius 3 is 2.71 bits per heavy atom. The van der Waals surface area contributed by atoms with Gasteiger partial charge in [-0.3, -0.25) is 4.79 Å². The van der Waals surface area contributed by atoms with Crippen LogP contribution in [0.4, 0.5) is 0 Å². The number of ether oxygens (including phenoxy) is 1. The van der Waals surface area contributed by atoms with Crippen LogP contribution in [-0.2, 0) is 30.8 Å². The Morgan fingerprint density at radius 2 is 1.93 bits per heavy atom. The fourth-order valence-corrected chi connectivity index (χ4v) is 3.63. The third-order valence-corrected chi connectivity index (χ3v) is 5.17. The van der Waals surface area contributed by atoms with Gasteiger partial charge in [-0.1, -0.05) is 42.5 Å². The maximum absolute atomic E-state index is 12.5. The highest BCUT2D eigenvalue weighted by Gasteiger charge is 2.26. The van der Waals surface area contributed by atoms with Crippen LogP contribution >= 0.6 is 0 Å². The summed E-state index contributed by atoms with van der Waals surface area (Å²) in [5, 5.41) is 3.07. The highest BCUT2D eigenvalue weighted by atomic mass is 16.5. The first-order chi connectivity index (χ1) is 13.7. The average Bonchev–Trinajstić information content (AvgIpc) is 3.11. The summed E-state index contributed by atoms with van der Waals surface area (Å²) in [6.07, 6.45) is 2.47. The molecule has 3 aromatic rings. The molecular formula is C23H25N3O2. The number of rotatable bonds is 6. The zero-order valence-corrected chi connectivity index (χ0v) is 16.1. The molecule has 0 bridgehead atoms. The van der Waals surface area contributed by atoms with E-state index in [1.807, 2.05) is 61.5 Å². The van der Waals surface area contributed by atoms with Crippen molar-refractivity contribution in [2.45, 2.75) is 39.3 Å². The van der Waals surface area contributed by atoms with E-state index in [-0.39, 0.29) is 11.8 Å². The van der Waals surface area contributed by atoms with Crippen molar-refractivity contribution in [3.8, 4) is 5.75 Å². The minimum absolute atomic E-state index is 0.0147. The van der Waals surface area contributed by atoms with Crippen molar-refractivity contribution in [3.63, 3.8) is 0 Å². The molecule has 1 aromatic heterocycles. The summed E-state index contributed by atoms with van der Waals surface area (Å²) in [6, 6.07) is 18.0. The predicted molar refractivity (Wildman–Crippen MR) is 108 cm³/mol. The van der Waals surface area contributed by atoms with Crippen LogP contribution in [-0.4, -0.2) is 15.9 Å². The van der Waals surface area contributed by atoms with Crippen LogP contribution in [0.15, 0.2) is 54.6 Å². The number of nitrogens with one attached hydrogen (secondary N) is 2. The molecule has 1 aliphatic carbocycles. The second-order valence-electron chi connectivity index (χ2n) is 7.32. The molecule has 2 aromatic carbocycles. The van der Waals surface area contributed by atoms with Gasteiger partial charge in [-0.05, 0) is 43.0 Å². The first-order valence-corrected chi connectivity index (χ1v) is 9.75. The monoisotopic (exact) mass is 375 g/mol. The van der Waals surface area contributed by atoms with Crippen LogP contribution in [0.25, 0.3) is 0 Å². The number of aryl methyl sites for hydroxylation is 2. The maximum Gasteiger partial charge on any atom is 0.223 e. The van der Waals surface area contributed by atoms with Gasteiger partial charge in [0.15, 0.2) is 0 Å². The molecule has 0 saturated heterocycles. The maximum atomic E-state index is 12.5. The van der Waals surface area contributed by atoms with Crippen molar-refractivity contribution in [1.29, 1.82) is 0 Å². The highest BCUT2D eigenvalue weighted by molar-refractivity contribution is 5.79. The molecule has 144 valence electrons. The number of amides is 1. The molecule has 5 heteroatoms. The Hall–Kier alpha value is -3.08. The van der Waals surface area contributed by atoms with Crippen molar-refractivity contribution < 1.29 is 9.53 Å². The number of aromatic nitrogens is 2. The summed E-state index contributed by atoms with van der Waals surface area (Å²) >= 11 is 0. The van der Waals surface area contributed by atoms with Crippen LogP contribution in [0.2, 0.25) is 0 Å². The van der Waals surface area contributed by atoms with Crippen molar-refractivity contribution in [3.05, 3.63) is 82.9 Å². The van der Waals surface area contributed by atoms with Crippen LogP contribution in [0.3, 0.4) is 0 Å². The molecule has 1 unspecified atom stereocenters. The molecule has 28 heavy (non-hydrogen) atoms. The van der Waals surface area contributed by atoms with Crippen molar-refractivity contribution in [2.24, 2.45) is 5.92 Å². The van der Waals surface area contributed by atoms with Gasteiger partial charge in [-0.2, -0.15) is 0 Å². The van der Waals surface area contributed by atoms with E-state index in [2.05, 4.69) is 15.3 Å². The van der Waals surface area contributed by atoms with Crippen LogP contribution in [0, 0.1) is 12.8 Å². The number of aromatic amines is 1. The Morgan fingerprint density at radius 1 is 1.14 bits per heavy atom. The Kier molecular flexibility index (Phi) is 5.42. The molecule has 1 atom stereocenters. The number of H-pyrrole nitrogens is 1. The number of fused-ring (bicyclic) bond motifs is 1. The molecule has 0 saturated carbocycles. The van der Waals surface area contributed by atoms with Crippen molar-refractivity contribution >= 4 is 5.91 Å². The molecule has 0 aliphatic heterocycles. The third-order valence-electron chi connectivity index (χ3n) is 5.17. The lowest BCUT2D eigenvalue weighted by Crippen LogP contribution is -2.33. The summed E-state index contributed by atoms with van der Waals surface area (Å²) in [5.74, 6) is 1.89. The number of hydrogen-bond donors (Lipinski definition) is 2. The summed E-state index contributed by atoms with van der Waals surface area (Å²) in [4.78, 5) is 20.3. The minimum atomic E-state index is 0.0147. The molecule has 1 aliphatic rings. The molecule has 1 amide bonds. The number of benzene rings is 2. The SMILES string of the molecule is Cc1nc2c([nH]1)CC(C(=O)NCc1ccc(OCc3ccccc3)cc1)CC2. The first kappa shape index (κ1) is 18.3. The fourth-order valence-electron chi connectivity index (χ4n) is 3.63. The topological polar surface area (TPSA) is 67.0 Å². The zero-order valence-electron chi connectivity index (χ0n) is 16.1. The van der Waals surface area contributed by atoms with E-state index in [1.165, 1.54) is 0 Å². The van der Waals surface area contributed by atoms with E-state index in [1.54, 1.807) is 0 Å². The predicted octanol–water partition coefficient (Wildman–Crippen LogP) is 3.72. The molecular weight excluding hydrogens is 350 g/mol. The van der Waals surface area contributed by atoms with Gasteiger partial charge in [-0.15, -0.1) is 0 Å². The second kappa shape index (κ2) is 8.30. The van der Waals surface area contributed by atoms with Crippen LogP contribution in [0.1, 0.15) is 34.8 Å². The Bertz CT molecular complexity index is 932. The number of nitrogens with zero attached hydrogens (tertiary/aromatic N) is 1. The standard InChI is InChI=1S/C23H25N3O2/c1-16-25-21-12-9-19(13-22(21)26-16)23(27)24-14-17-7-10-20(11-8-17)28-15-18-5-3-2-4-6-18/h2-8,10-11,19H,9,12-15H2,1H3,(H,24,27)(H,25,26). The van der Waals surface area contributed by atoms with Gasteiger partial charge in [0.05, 0.1) is 5.69 Å². The zero-order chi connectivity index (χ0) is 19.3. The third kappa shape index (κ3) is 4.42. The normalized spacial score (nSPS) is 15.7. The van der Waals surface area contributed by atoms with Crippen molar-refractivity contribution in [1.82, 2.24) is 15.3 Å². The second-order valence-corrected chi connectivity index (χ2v) is 7.32. The van der Waals surface area contributed by atoms with E-state index in [4.69, 9.17) is 4.74 Å². The quantitative estimate of drug-likeness (QED) is 0.690. The smallest absolute Gasteiger partial charge is 0.223 e. The number of carbonyl (C=O) groups excluding carboxylic acids is 1. The molecule has 1 heterocycles. The lowest BCUT2D eigenvalue weighted by atomic mass is 9.89. The van der Waals surface area contributed by atoms with E-state index >= 15 is 0 Å². The summed E-state index contributed by atoms with van der Waals surface area (Å²) < 4.78 is 5.81. The molecule has 2 N–H and O–H groups in total. The molecule has 0 fully saturated rings. The van der Waals surface area contributed by atoms with Gasteiger partial charge in [-0.25, -0.2) is 4.98 Å². The molecule has 0 radical (unpaired) electrons. The van der Waals surface area contributed by atoms with E-state index in [0.717, 1.165) is 53.4 Å². The van der Waals surface area contributed by atoms with E-state index in [9.17, 15) is 4.79 Å². The molecule has 4 rings (SSSR count). The van der Waals surface area contributed by atoms with Gasteiger partial charge in [0, 0.05) is 24.6 Å². The number of hydrogen-bond acceptors (Lipinski definition) is 3. The average molecular weight is 375 g/mol. The Balaban J connectivity index is 1.26. The fraction of sp³-hybridized carbons (Fsp3) is 0.304. The van der Waals surface area contributed by atoms with Gasteiger partial charge in [0.25, 0.3) is 0 Å². The van der Waals surface area contributed by atoms with Crippen LogP contribution in [0.5, 0.6) is 5.75 Å². The van der Waals surface area contributed by atoms with Gasteiger partial charge >= 0.3 is 0 Å². The lowest BCUT2D eigenvalue weighted by molar-refractivity contribution is -0.125. The summed E-state index contributed by atoms with van der Waals surface area (Å²) in [6.45, 7) is 3.04. The highest BCUT2D eigenvalue weighted by Crippen LogP contribution is 2.24. The number of carbonyl (C=O) groups is 1. The van der Waals surface area contributed by atoms with Gasteiger partial charge in [0.2, 0.25) is 5.91 Å². The molecule has 0 spiro atoms. The first-order valence-electron chi connectivity index (χ1n) is 9.75. The summed E-state index contributed by atoms with van der Waals surface area (Å²) in [7, 11) is 0. The minimum Gasteiger partial charge on any atom is -0.489 e. The van der Waals surface area contributed by atoms with E-state index < -0.39 is 0 Å². The van der Waals surface area contributed by atoms with Crippen molar-refractivity contribution in [2.75, 3.05) is 0 Å². The van der Waals surface area contributed by atoms with Crippen LogP contribution < -0.4 is 10.1 Å². The lowest BCUT2D eigenvalue weighted by Gasteiger charge is -2.20. The Labute approximate surface area is 165 Å². The van der Waals surface area contributed by atoms with Gasteiger partial charge in [0.1, 0.15) is 18.2 Å².